The number of nitrogens with zero attached hydrogens (tertiary/aromatic N) is 1. The van der Waals surface area contributed by atoms with Crippen LogP contribution in [0.3, 0.4) is 0 Å². The average molecular weight is 283 g/mol. The third kappa shape index (κ3) is 2.16. The molecule has 2 aliphatic heterocycles. The molecule has 0 aromatic heterocycles. The number of rotatable bonds is 4. The van der Waals surface area contributed by atoms with E-state index in [0.717, 1.165) is 32.1 Å². The summed E-state index contributed by atoms with van der Waals surface area (Å²) in [5.74, 6) is 0.397. The predicted molar refractivity (Wildman–Crippen MR) is 73.0 cm³/mol. The molecule has 0 unspecified atom stereocenters. The topological polar surface area (TPSA) is 59.0 Å². The molecule has 1 spiro atoms. The lowest BCUT2D eigenvalue weighted by atomic mass is 9.71. The Hall–Kier alpha value is -0.650. The minimum atomic E-state index is -0.811. The second kappa shape index (κ2) is 5.62. The van der Waals surface area contributed by atoms with E-state index in [4.69, 9.17) is 9.47 Å². The Labute approximate surface area is 120 Å². The van der Waals surface area contributed by atoms with Gasteiger partial charge in [-0.05, 0) is 44.4 Å². The van der Waals surface area contributed by atoms with Gasteiger partial charge in [0.1, 0.15) is 12.9 Å². The maximum absolute atomic E-state index is 12.5. The third-order valence-electron chi connectivity index (χ3n) is 5.46. The fourth-order valence-corrected chi connectivity index (χ4v) is 4.72. The summed E-state index contributed by atoms with van der Waals surface area (Å²) in [6.07, 6.45) is 6.47. The number of methoxy groups -OCH3 is 1. The van der Waals surface area contributed by atoms with Crippen molar-refractivity contribution in [2.75, 3.05) is 20.5 Å². The summed E-state index contributed by atoms with van der Waals surface area (Å²) in [6.45, 7) is 0.776. The van der Waals surface area contributed by atoms with E-state index in [1.54, 1.807) is 7.11 Å². The Kier molecular flexibility index (Phi) is 4.02. The Morgan fingerprint density at radius 3 is 2.85 bits per heavy atom. The molecule has 3 aliphatic rings. The summed E-state index contributed by atoms with van der Waals surface area (Å²) >= 11 is 0. The van der Waals surface area contributed by atoms with E-state index in [0.29, 0.717) is 18.9 Å². The van der Waals surface area contributed by atoms with Crippen molar-refractivity contribution in [1.82, 2.24) is 4.90 Å². The highest BCUT2D eigenvalue weighted by Crippen LogP contribution is 2.52. The van der Waals surface area contributed by atoms with Gasteiger partial charge in [0.15, 0.2) is 0 Å². The molecule has 4 atom stereocenters. The third-order valence-corrected chi connectivity index (χ3v) is 5.46. The average Bonchev–Trinajstić information content (AvgIpc) is 2.82. The van der Waals surface area contributed by atoms with Crippen molar-refractivity contribution in [3.05, 3.63) is 0 Å². The van der Waals surface area contributed by atoms with E-state index in [2.05, 4.69) is 0 Å². The van der Waals surface area contributed by atoms with Crippen molar-refractivity contribution in [3.63, 3.8) is 0 Å². The molecule has 0 aromatic rings. The smallest absolute Gasteiger partial charge is 0.252 e. The molecular formula is C15H25NO4. The molecular weight excluding hydrogens is 258 g/mol. The maximum atomic E-state index is 12.5. The van der Waals surface area contributed by atoms with Crippen LogP contribution in [-0.2, 0) is 14.3 Å². The molecule has 1 amide bonds. The fourth-order valence-electron chi connectivity index (χ4n) is 4.72. The first-order valence-electron chi connectivity index (χ1n) is 7.77. The summed E-state index contributed by atoms with van der Waals surface area (Å²) in [7, 11) is 1.60. The van der Waals surface area contributed by atoms with E-state index in [1.807, 2.05) is 4.90 Å². The van der Waals surface area contributed by atoms with Crippen LogP contribution < -0.4 is 0 Å². The van der Waals surface area contributed by atoms with Crippen LogP contribution in [-0.4, -0.2) is 54.1 Å². The first-order valence-corrected chi connectivity index (χ1v) is 7.77. The summed E-state index contributed by atoms with van der Waals surface area (Å²) in [6, 6.07) is 0.0990. The normalized spacial score (nSPS) is 40.6. The highest BCUT2D eigenvalue weighted by atomic mass is 16.7. The van der Waals surface area contributed by atoms with Crippen molar-refractivity contribution in [2.24, 2.45) is 5.92 Å². The zero-order valence-electron chi connectivity index (χ0n) is 12.2. The molecule has 1 saturated carbocycles. The van der Waals surface area contributed by atoms with Crippen LogP contribution in [0.25, 0.3) is 0 Å². The van der Waals surface area contributed by atoms with E-state index in [-0.39, 0.29) is 24.3 Å². The summed E-state index contributed by atoms with van der Waals surface area (Å²) in [4.78, 5) is 14.5. The Morgan fingerprint density at radius 1 is 1.35 bits per heavy atom. The van der Waals surface area contributed by atoms with Crippen LogP contribution in [0, 0.1) is 5.92 Å². The molecule has 5 nitrogen and oxygen atoms in total. The zero-order valence-corrected chi connectivity index (χ0v) is 12.2. The van der Waals surface area contributed by atoms with Gasteiger partial charge >= 0.3 is 0 Å². The van der Waals surface area contributed by atoms with Gasteiger partial charge in [0.05, 0.1) is 12.6 Å². The number of carbonyl (C=O) groups excluding carboxylic acids is 1. The minimum Gasteiger partial charge on any atom is -0.383 e. The molecule has 0 aromatic carbocycles. The predicted octanol–water partition coefficient (Wildman–Crippen LogP) is 1.29. The van der Waals surface area contributed by atoms with Gasteiger partial charge in [0, 0.05) is 12.6 Å². The number of carbonyl (C=O) groups is 1. The number of hydrogen-bond acceptors (Lipinski definition) is 4. The number of aliphatic hydroxyl groups excluding tert-OH is 1. The standard InChI is InChI=1S/C15H25NO4/c1-19-10-20-9-12-5-3-7-15-6-2-4-11(15)8-13(17)14(18)16(12)15/h11-13,17H,2-10H2,1H3/t11-,12-,13+,15+/m1/s1. The van der Waals surface area contributed by atoms with Crippen LogP contribution in [0.2, 0.25) is 0 Å². The van der Waals surface area contributed by atoms with Gasteiger partial charge in [-0.15, -0.1) is 0 Å². The molecule has 2 heterocycles. The van der Waals surface area contributed by atoms with E-state index < -0.39 is 6.10 Å². The van der Waals surface area contributed by atoms with Crippen molar-refractivity contribution in [2.45, 2.75) is 62.6 Å². The van der Waals surface area contributed by atoms with E-state index >= 15 is 0 Å². The van der Waals surface area contributed by atoms with Crippen molar-refractivity contribution in [1.29, 1.82) is 0 Å². The lowest BCUT2D eigenvalue weighted by Crippen LogP contribution is -2.67. The van der Waals surface area contributed by atoms with Gasteiger partial charge in [-0.2, -0.15) is 0 Å². The number of aliphatic hydroxyl groups is 1. The van der Waals surface area contributed by atoms with Crippen molar-refractivity contribution < 1.29 is 19.4 Å². The number of ether oxygens (including phenoxy) is 2. The largest absolute Gasteiger partial charge is 0.383 e. The van der Waals surface area contributed by atoms with Crippen LogP contribution in [0.4, 0.5) is 0 Å². The number of amides is 1. The van der Waals surface area contributed by atoms with Crippen LogP contribution in [0.15, 0.2) is 0 Å². The Morgan fingerprint density at radius 2 is 2.10 bits per heavy atom. The van der Waals surface area contributed by atoms with Gasteiger partial charge in [0.25, 0.3) is 5.91 Å². The minimum absolute atomic E-state index is 0.00959. The zero-order chi connectivity index (χ0) is 14.2. The summed E-state index contributed by atoms with van der Waals surface area (Å²) in [5, 5.41) is 10.1. The van der Waals surface area contributed by atoms with Crippen LogP contribution >= 0.6 is 0 Å². The van der Waals surface area contributed by atoms with Crippen molar-refractivity contribution in [3.8, 4) is 0 Å². The van der Waals surface area contributed by atoms with E-state index in [1.165, 1.54) is 6.42 Å². The molecule has 20 heavy (non-hydrogen) atoms. The van der Waals surface area contributed by atoms with Crippen molar-refractivity contribution >= 4 is 5.91 Å². The van der Waals surface area contributed by atoms with Gasteiger partial charge in [0.2, 0.25) is 0 Å². The van der Waals surface area contributed by atoms with Gasteiger partial charge in [-0.1, -0.05) is 6.42 Å². The first-order chi connectivity index (χ1) is 9.69. The SMILES string of the molecule is COCOC[C@H]1CCC[C@@]23CCC[C@@H]2C[C@H](O)C(=O)N13. The van der Waals surface area contributed by atoms with Gasteiger partial charge < -0.3 is 19.5 Å². The summed E-state index contributed by atoms with van der Waals surface area (Å²) < 4.78 is 10.4. The lowest BCUT2D eigenvalue weighted by molar-refractivity contribution is -0.174. The Balaban J connectivity index is 1.81. The van der Waals surface area contributed by atoms with Gasteiger partial charge in [-0.25, -0.2) is 0 Å². The molecule has 1 N–H and O–H groups in total. The first kappa shape index (κ1) is 14.3. The molecule has 3 rings (SSSR count). The Bertz CT molecular complexity index is 375. The quantitative estimate of drug-likeness (QED) is 0.624. The van der Waals surface area contributed by atoms with Gasteiger partial charge in [-0.3, -0.25) is 4.79 Å². The fraction of sp³-hybridized carbons (Fsp3) is 0.933. The molecule has 2 saturated heterocycles. The van der Waals surface area contributed by atoms with E-state index in [9.17, 15) is 9.90 Å². The summed E-state index contributed by atoms with van der Waals surface area (Å²) in [5.41, 5.74) is 0.00959. The molecule has 5 heteroatoms. The monoisotopic (exact) mass is 283 g/mol. The van der Waals surface area contributed by atoms with Crippen LogP contribution in [0.1, 0.15) is 44.9 Å². The highest BCUT2D eigenvalue weighted by Gasteiger charge is 2.57. The maximum Gasteiger partial charge on any atom is 0.252 e. The molecule has 0 bridgehead atoms. The molecule has 3 fully saturated rings. The number of piperidine rings is 2. The second-order valence-electron chi connectivity index (χ2n) is 6.48. The lowest BCUT2D eigenvalue weighted by Gasteiger charge is -2.56. The molecule has 114 valence electrons. The van der Waals surface area contributed by atoms with Crippen LogP contribution in [0.5, 0.6) is 0 Å². The highest BCUT2D eigenvalue weighted by molar-refractivity contribution is 5.83. The number of hydrogen-bond donors (Lipinski definition) is 1. The second-order valence-corrected chi connectivity index (χ2v) is 6.48. The molecule has 0 radical (unpaired) electrons. The molecule has 1 aliphatic carbocycles.